The molecule has 1 amide bonds. The zero-order valence-electron chi connectivity index (χ0n) is 8.59. The first kappa shape index (κ1) is 12.3. The minimum absolute atomic E-state index is 0.313. The topological polar surface area (TPSA) is 121 Å². The second kappa shape index (κ2) is 5.99. The van der Waals surface area contributed by atoms with Crippen molar-refractivity contribution in [2.75, 3.05) is 6.61 Å². The molecule has 1 rings (SSSR count). The maximum atomic E-state index is 11.3. The number of H-pyrrole nitrogens is 1. The summed E-state index contributed by atoms with van der Waals surface area (Å²) in [7, 11) is 0. The predicted molar refractivity (Wildman–Crippen MR) is 55.3 cm³/mol. The Kier molecular flexibility index (Phi) is 4.62. The molecule has 0 saturated heterocycles. The molecule has 0 bridgehead atoms. The molecular weight excluding hydrogens is 212 g/mol. The van der Waals surface area contributed by atoms with Crippen LogP contribution in [0.2, 0.25) is 0 Å². The van der Waals surface area contributed by atoms with Gasteiger partial charge in [0.05, 0.1) is 19.0 Å². The average Bonchev–Trinajstić information content (AvgIpc) is 2.79. The van der Waals surface area contributed by atoms with Gasteiger partial charge in [-0.25, -0.2) is 4.98 Å². The number of carbonyl (C=O) groups is 2. The number of amides is 1. The summed E-state index contributed by atoms with van der Waals surface area (Å²) in [6.45, 7) is -0.457. The van der Waals surface area contributed by atoms with Gasteiger partial charge in [-0.2, -0.15) is 0 Å². The molecule has 0 saturated carbocycles. The summed E-state index contributed by atoms with van der Waals surface area (Å²) in [5, 5.41) is 11.1. The number of aldehydes is 1. The first-order chi connectivity index (χ1) is 7.67. The molecule has 0 aromatic carbocycles. The smallest absolute Gasteiger partial charge is 0.239 e. The number of hydrogen-bond acceptors (Lipinski definition) is 5. The number of aliphatic hydroxyl groups excluding tert-OH is 1. The Balaban J connectivity index is 2.49. The third-order valence-corrected chi connectivity index (χ3v) is 2.02. The lowest BCUT2D eigenvalue weighted by Crippen LogP contribution is -2.48. The van der Waals surface area contributed by atoms with Crippen LogP contribution < -0.4 is 11.1 Å². The SMILES string of the molecule is N[C@@H](CO)C(=O)N[C@H](C=O)Cc1cnc[nH]1. The quantitative estimate of drug-likeness (QED) is 0.416. The summed E-state index contributed by atoms with van der Waals surface area (Å²) in [5.74, 6) is -0.556. The summed E-state index contributed by atoms with van der Waals surface area (Å²) < 4.78 is 0. The van der Waals surface area contributed by atoms with Gasteiger partial charge in [0.1, 0.15) is 12.3 Å². The van der Waals surface area contributed by atoms with Gasteiger partial charge in [0.15, 0.2) is 0 Å². The second-order valence-corrected chi connectivity index (χ2v) is 3.32. The molecule has 0 aliphatic heterocycles. The number of nitrogens with one attached hydrogen (secondary N) is 2. The molecule has 1 aromatic heterocycles. The van der Waals surface area contributed by atoms with Crippen molar-refractivity contribution >= 4 is 12.2 Å². The van der Waals surface area contributed by atoms with Gasteiger partial charge in [0.25, 0.3) is 0 Å². The van der Waals surface area contributed by atoms with Crippen molar-refractivity contribution < 1.29 is 14.7 Å². The fourth-order valence-corrected chi connectivity index (χ4v) is 1.14. The molecule has 7 nitrogen and oxygen atoms in total. The fourth-order valence-electron chi connectivity index (χ4n) is 1.14. The molecular formula is C9H14N4O3. The van der Waals surface area contributed by atoms with Crippen LogP contribution in [0.4, 0.5) is 0 Å². The van der Waals surface area contributed by atoms with E-state index in [1.165, 1.54) is 6.33 Å². The second-order valence-electron chi connectivity index (χ2n) is 3.32. The lowest BCUT2D eigenvalue weighted by molar-refractivity contribution is -0.125. The first-order valence-electron chi connectivity index (χ1n) is 4.76. The van der Waals surface area contributed by atoms with E-state index in [-0.39, 0.29) is 0 Å². The third kappa shape index (κ3) is 3.44. The van der Waals surface area contributed by atoms with Gasteiger partial charge in [-0.3, -0.25) is 4.79 Å². The summed E-state index contributed by atoms with van der Waals surface area (Å²) in [6.07, 6.45) is 3.98. The molecule has 0 fully saturated rings. The van der Waals surface area contributed by atoms with Gasteiger partial charge >= 0.3 is 0 Å². The third-order valence-electron chi connectivity index (χ3n) is 2.02. The highest BCUT2D eigenvalue weighted by Gasteiger charge is 2.17. The van der Waals surface area contributed by atoms with Crippen molar-refractivity contribution in [3.05, 3.63) is 18.2 Å². The van der Waals surface area contributed by atoms with Gasteiger partial charge in [-0.15, -0.1) is 0 Å². The molecule has 0 aliphatic carbocycles. The largest absolute Gasteiger partial charge is 0.394 e. The van der Waals surface area contributed by atoms with Gasteiger partial charge in [-0.1, -0.05) is 0 Å². The highest BCUT2D eigenvalue weighted by atomic mass is 16.3. The van der Waals surface area contributed by atoms with Crippen molar-refractivity contribution in [1.82, 2.24) is 15.3 Å². The van der Waals surface area contributed by atoms with Crippen LogP contribution in [0, 0.1) is 0 Å². The number of aliphatic hydroxyl groups is 1. The fraction of sp³-hybridized carbons (Fsp3) is 0.444. The first-order valence-corrected chi connectivity index (χ1v) is 4.76. The molecule has 88 valence electrons. The number of imidazole rings is 1. The lowest BCUT2D eigenvalue weighted by atomic mass is 10.1. The number of aromatic nitrogens is 2. The maximum absolute atomic E-state index is 11.3. The standard InChI is InChI=1S/C9H14N4O3/c10-8(4-15)9(16)13-7(3-14)1-6-2-11-5-12-6/h2-3,5,7-8,15H,1,4,10H2,(H,11,12)(H,13,16)/t7-,8-/m0/s1. The van der Waals surface area contributed by atoms with Crippen molar-refractivity contribution in [2.45, 2.75) is 18.5 Å². The Bertz CT molecular complexity index is 339. The van der Waals surface area contributed by atoms with Gasteiger partial charge in [0.2, 0.25) is 5.91 Å². The van der Waals surface area contributed by atoms with Gasteiger partial charge in [-0.05, 0) is 0 Å². The summed E-state index contributed by atoms with van der Waals surface area (Å²) in [6, 6.07) is -1.69. The Morgan fingerprint density at radius 3 is 3.00 bits per heavy atom. The highest BCUT2D eigenvalue weighted by Crippen LogP contribution is 1.96. The predicted octanol–water partition coefficient (Wildman–Crippen LogP) is -2.04. The Labute approximate surface area is 92.1 Å². The molecule has 0 radical (unpaired) electrons. The molecule has 0 unspecified atom stereocenters. The maximum Gasteiger partial charge on any atom is 0.239 e. The molecule has 1 aromatic rings. The zero-order valence-corrected chi connectivity index (χ0v) is 8.59. The molecule has 7 heteroatoms. The minimum Gasteiger partial charge on any atom is -0.394 e. The van der Waals surface area contributed by atoms with Crippen molar-refractivity contribution in [2.24, 2.45) is 5.73 Å². The van der Waals surface area contributed by atoms with E-state index in [1.807, 2.05) is 0 Å². The Hall–Kier alpha value is -1.73. The van der Waals surface area contributed by atoms with Crippen LogP contribution in [0.3, 0.4) is 0 Å². The van der Waals surface area contributed by atoms with Crippen molar-refractivity contribution in [3.63, 3.8) is 0 Å². The van der Waals surface area contributed by atoms with Crippen LogP contribution in [0.25, 0.3) is 0 Å². The van der Waals surface area contributed by atoms with Crippen molar-refractivity contribution in [3.8, 4) is 0 Å². The molecule has 2 atom stereocenters. The van der Waals surface area contributed by atoms with Crippen molar-refractivity contribution in [1.29, 1.82) is 0 Å². The van der Waals surface area contributed by atoms with E-state index in [0.29, 0.717) is 12.7 Å². The monoisotopic (exact) mass is 226 g/mol. The van der Waals surface area contributed by atoms with E-state index in [0.717, 1.165) is 5.69 Å². The molecule has 16 heavy (non-hydrogen) atoms. The van der Waals surface area contributed by atoms with E-state index in [4.69, 9.17) is 10.8 Å². The van der Waals surface area contributed by atoms with E-state index < -0.39 is 24.6 Å². The van der Waals surface area contributed by atoms with E-state index in [2.05, 4.69) is 15.3 Å². The average molecular weight is 226 g/mol. The number of nitrogens with two attached hydrogens (primary N) is 1. The molecule has 0 aliphatic rings. The van der Waals surface area contributed by atoms with Crippen LogP contribution in [0.5, 0.6) is 0 Å². The Morgan fingerprint density at radius 1 is 1.75 bits per heavy atom. The lowest BCUT2D eigenvalue weighted by Gasteiger charge is -2.14. The zero-order chi connectivity index (χ0) is 12.0. The van der Waals surface area contributed by atoms with Crippen LogP contribution in [-0.2, 0) is 16.0 Å². The number of carbonyl (C=O) groups excluding carboxylic acids is 2. The number of hydrogen-bond donors (Lipinski definition) is 4. The van der Waals surface area contributed by atoms with Crippen LogP contribution >= 0.6 is 0 Å². The van der Waals surface area contributed by atoms with Gasteiger partial charge in [0, 0.05) is 18.3 Å². The van der Waals surface area contributed by atoms with E-state index in [1.54, 1.807) is 6.20 Å². The van der Waals surface area contributed by atoms with E-state index in [9.17, 15) is 9.59 Å². The van der Waals surface area contributed by atoms with Crippen LogP contribution in [0.15, 0.2) is 12.5 Å². The normalized spacial score (nSPS) is 14.1. The minimum atomic E-state index is -1.01. The highest BCUT2D eigenvalue weighted by molar-refractivity contribution is 5.84. The van der Waals surface area contributed by atoms with Crippen LogP contribution in [0.1, 0.15) is 5.69 Å². The molecule has 5 N–H and O–H groups in total. The summed E-state index contributed by atoms with van der Waals surface area (Å²) in [4.78, 5) is 28.6. The number of rotatable bonds is 6. The summed E-state index contributed by atoms with van der Waals surface area (Å²) >= 11 is 0. The van der Waals surface area contributed by atoms with Crippen LogP contribution in [-0.4, -0.2) is 46.0 Å². The number of aromatic amines is 1. The Morgan fingerprint density at radius 2 is 2.50 bits per heavy atom. The summed E-state index contributed by atoms with van der Waals surface area (Å²) in [5.41, 5.74) is 6.03. The van der Waals surface area contributed by atoms with E-state index >= 15 is 0 Å². The molecule has 0 spiro atoms. The molecule has 1 heterocycles. The van der Waals surface area contributed by atoms with Gasteiger partial charge < -0.3 is 25.9 Å². The number of nitrogens with zero attached hydrogens (tertiary/aromatic N) is 1.